The number of hydrogen-bond donors (Lipinski definition) is 2. The van der Waals surface area contributed by atoms with E-state index in [4.69, 9.17) is 26.8 Å². The third-order valence-electron chi connectivity index (χ3n) is 4.09. The molecule has 2 aliphatic heterocycles. The van der Waals surface area contributed by atoms with Gasteiger partial charge in [0.2, 0.25) is 12.7 Å². The Hall–Kier alpha value is -2.93. The molecule has 0 unspecified atom stereocenters. The number of aliphatic imine (C=N–C) groups is 1. The van der Waals surface area contributed by atoms with Gasteiger partial charge in [0.15, 0.2) is 23.6 Å². The number of anilines is 1. The molecule has 120 valence electrons. The minimum absolute atomic E-state index is 0.162. The minimum Gasteiger partial charge on any atom is -0.454 e. The van der Waals surface area contributed by atoms with Gasteiger partial charge in [0.05, 0.1) is 16.1 Å². The molecule has 8 heteroatoms. The number of benzene rings is 2. The Labute approximate surface area is 141 Å². The summed E-state index contributed by atoms with van der Waals surface area (Å²) in [6.45, 7) is 0.162. The summed E-state index contributed by atoms with van der Waals surface area (Å²) in [5, 5.41) is 3.49. The van der Waals surface area contributed by atoms with Crippen LogP contribution < -0.4 is 20.5 Å². The number of nitrogens with one attached hydrogen (secondary N) is 1. The van der Waals surface area contributed by atoms with Crippen LogP contribution in [0.2, 0.25) is 5.02 Å². The number of para-hydroxylation sites is 2. The first-order valence-corrected chi connectivity index (χ1v) is 7.75. The largest absolute Gasteiger partial charge is 0.454 e. The average Bonchev–Trinajstić information content (AvgIpc) is 3.17. The first kappa shape index (κ1) is 13.5. The van der Waals surface area contributed by atoms with Crippen molar-refractivity contribution in [1.29, 1.82) is 0 Å². The Morgan fingerprint density at radius 1 is 1.25 bits per heavy atom. The first-order chi connectivity index (χ1) is 11.7. The van der Waals surface area contributed by atoms with Crippen LogP contribution in [0, 0.1) is 0 Å². The number of ether oxygens (including phenoxy) is 2. The number of rotatable bonds is 1. The summed E-state index contributed by atoms with van der Waals surface area (Å²) >= 11 is 6.32. The quantitative estimate of drug-likeness (QED) is 0.710. The maximum atomic E-state index is 6.32. The lowest BCUT2D eigenvalue weighted by Gasteiger charge is -2.24. The van der Waals surface area contributed by atoms with E-state index in [1.54, 1.807) is 0 Å². The molecule has 7 nitrogen and oxygen atoms in total. The highest BCUT2D eigenvalue weighted by atomic mass is 35.5. The Morgan fingerprint density at radius 2 is 2.12 bits per heavy atom. The Balaban J connectivity index is 1.74. The fourth-order valence-electron chi connectivity index (χ4n) is 3.08. The highest BCUT2D eigenvalue weighted by Crippen LogP contribution is 2.43. The molecule has 0 saturated carbocycles. The van der Waals surface area contributed by atoms with Gasteiger partial charge in [-0.1, -0.05) is 23.7 Å². The van der Waals surface area contributed by atoms with Crippen molar-refractivity contribution in [2.45, 2.75) is 6.17 Å². The molecule has 0 radical (unpaired) electrons. The van der Waals surface area contributed by atoms with Gasteiger partial charge in [0.25, 0.3) is 0 Å². The topological polar surface area (TPSA) is 86.7 Å². The van der Waals surface area contributed by atoms with Crippen LogP contribution in [0.5, 0.6) is 11.5 Å². The fraction of sp³-hybridized carbons (Fsp3) is 0.125. The summed E-state index contributed by atoms with van der Waals surface area (Å²) in [5.41, 5.74) is 8.61. The normalized spacial score (nSPS) is 18.2. The van der Waals surface area contributed by atoms with Crippen molar-refractivity contribution in [3.8, 4) is 11.5 Å². The van der Waals surface area contributed by atoms with Crippen LogP contribution in [0.3, 0.4) is 0 Å². The van der Waals surface area contributed by atoms with Crippen LogP contribution in [-0.4, -0.2) is 22.3 Å². The number of nitrogens with two attached hydrogens (primary N) is 1. The molecule has 24 heavy (non-hydrogen) atoms. The second-order valence-corrected chi connectivity index (χ2v) is 5.95. The van der Waals surface area contributed by atoms with Crippen molar-refractivity contribution >= 4 is 34.5 Å². The van der Waals surface area contributed by atoms with Crippen molar-refractivity contribution in [2.24, 2.45) is 10.7 Å². The zero-order valence-electron chi connectivity index (χ0n) is 12.4. The second kappa shape index (κ2) is 4.78. The van der Waals surface area contributed by atoms with Crippen LogP contribution in [-0.2, 0) is 0 Å². The lowest BCUT2D eigenvalue weighted by molar-refractivity contribution is 0.174. The molecule has 2 aromatic carbocycles. The number of nitrogens with zero attached hydrogens (tertiary/aromatic N) is 3. The third-order valence-corrected chi connectivity index (χ3v) is 4.37. The highest BCUT2D eigenvalue weighted by molar-refractivity contribution is 6.32. The van der Waals surface area contributed by atoms with E-state index in [9.17, 15) is 0 Å². The first-order valence-electron chi connectivity index (χ1n) is 7.37. The van der Waals surface area contributed by atoms with E-state index < -0.39 is 0 Å². The molecule has 1 aromatic heterocycles. The summed E-state index contributed by atoms with van der Waals surface area (Å²) < 4.78 is 12.8. The molecular formula is C16H12ClN5O2. The molecule has 3 N–H and O–H groups in total. The maximum absolute atomic E-state index is 6.32. The summed E-state index contributed by atoms with van der Waals surface area (Å²) in [4.78, 5) is 9.11. The van der Waals surface area contributed by atoms with Crippen LogP contribution in [0.15, 0.2) is 41.4 Å². The Morgan fingerprint density at radius 3 is 3.04 bits per heavy atom. The van der Waals surface area contributed by atoms with E-state index in [-0.39, 0.29) is 13.0 Å². The van der Waals surface area contributed by atoms with Crippen molar-refractivity contribution in [3.63, 3.8) is 0 Å². The summed E-state index contributed by atoms with van der Waals surface area (Å²) in [6.07, 6.45) is -0.388. The van der Waals surface area contributed by atoms with Gasteiger partial charge >= 0.3 is 0 Å². The van der Waals surface area contributed by atoms with Crippen molar-refractivity contribution in [2.75, 3.05) is 12.1 Å². The van der Waals surface area contributed by atoms with Gasteiger partial charge in [-0.3, -0.25) is 9.88 Å². The molecule has 0 amide bonds. The van der Waals surface area contributed by atoms with E-state index in [2.05, 4.69) is 15.3 Å². The van der Waals surface area contributed by atoms with Gasteiger partial charge in [-0.25, -0.2) is 9.98 Å². The molecule has 3 heterocycles. The zero-order chi connectivity index (χ0) is 16.3. The molecule has 5 rings (SSSR count). The zero-order valence-corrected chi connectivity index (χ0v) is 13.1. The molecule has 0 fully saturated rings. The number of imidazole rings is 1. The monoisotopic (exact) mass is 341 g/mol. The summed E-state index contributed by atoms with van der Waals surface area (Å²) in [7, 11) is 0. The molecule has 0 bridgehead atoms. The van der Waals surface area contributed by atoms with Crippen LogP contribution in [0.1, 0.15) is 11.7 Å². The summed E-state index contributed by atoms with van der Waals surface area (Å²) in [6, 6.07) is 11.5. The highest BCUT2D eigenvalue weighted by Gasteiger charge is 2.28. The molecule has 0 saturated heterocycles. The molecular weight excluding hydrogens is 330 g/mol. The van der Waals surface area contributed by atoms with Crippen molar-refractivity contribution in [1.82, 2.24) is 9.55 Å². The third kappa shape index (κ3) is 1.85. The Kier molecular flexibility index (Phi) is 2.69. The van der Waals surface area contributed by atoms with Crippen LogP contribution >= 0.6 is 11.6 Å². The predicted octanol–water partition coefficient (Wildman–Crippen LogP) is 2.71. The standard InChI is InChI=1S/C16H12ClN5O2/c17-9-5-8(6-12-13(9)24-7-23-12)14-20-15(18)21-16-19-10-3-1-2-4-11(10)22(14)16/h1-6,14H,7H2,(H3,18,19,20,21)/t14-/m1/s1. The van der Waals surface area contributed by atoms with E-state index >= 15 is 0 Å². The second-order valence-electron chi connectivity index (χ2n) is 5.54. The lowest BCUT2D eigenvalue weighted by Crippen LogP contribution is -2.31. The Bertz CT molecular complexity index is 1010. The van der Waals surface area contributed by atoms with Crippen LogP contribution in [0.4, 0.5) is 5.95 Å². The number of aromatic nitrogens is 2. The van der Waals surface area contributed by atoms with Gasteiger partial charge in [0.1, 0.15) is 0 Å². The van der Waals surface area contributed by atoms with Gasteiger partial charge in [-0.15, -0.1) is 0 Å². The average molecular weight is 342 g/mol. The number of halogens is 1. The molecule has 0 aliphatic carbocycles. The van der Waals surface area contributed by atoms with E-state index in [1.807, 2.05) is 41.0 Å². The van der Waals surface area contributed by atoms with E-state index in [1.165, 1.54) is 0 Å². The summed E-state index contributed by atoms with van der Waals surface area (Å²) in [5.74, 6) is 2.11. The number of fused-ring (bicyclic) bond motifs is 4. The smallest absolute Gasteiger partial charge is 0.231 e. The molecule has 0 spiro atoms. The molecule has 2 aliphatic rings. The number of guanidine groups is 1. The van der Waals surface area contributed by atoms with E-state index in [0.717, 1.165) is 16.6 Å². The van der Waals surface area contributed by atoms with Gasteiger partial charge in [-0.05, 0) is 24.3 Å². The van der Waals surface area contributed by atoms with Crippen molar-refractivity contribution < 1.29 is 9.47 Å². The lowest BCUT2D eigenvalue weighted by atomic mass is 10.1. The molecule has 3 aromatic rings. The maximum Gasteiger partial charge on any atom is 0.231 e. The SMILES string of the molecule is NC1=N[C@@H](c2cc(Cl)c3c(c2)OCO3)n2c(nc3ccccc32)N1. The molecule has 1 atom stereocenters. The van der Waals surface area contributed by atoms with Gasteiger partial charge in [0, 0.05) is 5.56 Å². The van der Waals surface area contributed by atoms with Crippen molar-refractivity contribution in [3.05, 3.63) is 47.0 Å². The van der Waals surface area contributed by atoms with E-state index in [0.29, 0.717) is 28.4 Å². The predicted molar refractivity (Wildman–Crippen MR) is 90.7 cm³/mol. The van der Waals surface area contributed by atoms with Crippen LogP contribution in [0.25, 0.3) is 11.0 Å². The fourth-order valence-corrected chi connectivity index (χ4v) is 3.35. The number of hydrogen-bond acceptors (Lipinski definition) is 6. The minimum atomic E-state index is -0.388. The van der Waals surface area contributed by atoms with Gasteiger partial charge in [-0.2, -0.15) is 0 Å². The van der Waals surface area contributed by atoms with Gasteiger partial charge < -0.3 is 15.2 Å².